The summed E-state index contributed by atoms with van der Waals surface area (Å²) in [5.41, 5.74) is 1.21. The van der Waals surface area contributed by atoms with E-state index >= 15 is 0 Å². The molecule has 4 nitrogen and oxygen atoms in total. The van der Waals surface area contributed by atoms with Crippen molar-refractivity contribution in [1.82, 2.24) is 4.90 Å². The van der Waals surface area contributed by atoms with Gasteiger partial charge in [0, 0.05) is 18.0 Å². The fourth-order valence-corrected chi connectivity index (χ4v) is 3.05. The minimum atomic E-state index is -0.744. The SMILES string of the molecule is Cc1ccc(SCC(=O)N2CCC(C(=O)O)CC2)cc1. The Hall–Kier alpha value is -1.49. The van der Waals surface area contributed by atoms with Crippen LogP contribution in [0, 0.1) is 12.8 Å². The van der Waals surface area contributed by atoms with Gasteiger partial charge in [0.15, 0.2) is 0 Å². The number of amides is 1. The van der Waals surface area contributed by atoms with Crippen molar-refractivity contribution < 1.29 is 14.7 Å². The van der Waals surface area contributed by atoms with Crippen LogP contribution in [0.15, 0.2) is 29.2 Å². The van der Waals surface area contributed by atoms with Gasteiger partial charge < -0.3 is 10.0 Å². The molecule has 5 heteroatoms. The number of aryl methyl sites for hydroxylation is 1. The normalized spacial score (nSPS) is 16.1. The zero-order valence-corrected chi connectivity index (χ0v) is 12.4. The van der Waals surface area contributed by atoms with Crippen LogP contribution in [-0.2, 0) is 9.59 Å². The second-order valence-electron chi connectivity index (χ2n) is 5.10. The average Bonchev–Trinajstić information content (AvgIpc) is 2.46. The Morgan fingerprint density at radius 1 is 1.25 bits per heavy atom. The van der Waals surface area contributed by atoms with Crippen molar-refractivity contribution in [2.45, 2.75) is 24.7 Å². The highest BCUT2D eigenvalue weighted by Gasteiger charge is 2.26. The van der Waals surface area contributed by atoms with E-state index in [9.17, 15) is 9.59 Å². The van der Waals surface area contributed by atoms with E-state index in [0.29, 0.717) is 31.7 Å². The van der Waals surface area contributed by atoms with Crippen LogP contribution in [-0.4, -0.2) is 40.7 Å². The summed E-state index contributed by atoms with van der Waals surface area (Å²) >= 11 is 1.53. The van der Waals surface area contributed by atoms with Gasteiger partial charge in [0.05, 0.1) is 11.7 Å². The number of carbonyl (C=O) groups excluding carboxylic acids is 1. The summed E-state index contributed by atoms with van der Waals surface area (Å²) in [5, 5.41) is 8.93. The molecule has 1 saturated heterocycles. The summed E-state index contributed by atoms with van der Waals surface area (Å²) in [6.45, 7) is 3.15. The minimum Gasteiger partial charge on any atom is -0.481 e. The smallest absolute Gasteiger partial charge is 0.306 e. The van der Waals surface area contributed by atoms with Crippen LogP contribution in [0.5, 0.6) is 0 Å². The molecule has 1 amide bonds. The molecule has 1 fully saturated rings. The molecule has 1 heterocycles. The number of carboxylic acid groups (broad SMARTS) is 1. The highest BCUT2D eigenvalue weighted by Crippen LogP contribution is 2.21. The lowest BCUT2D eigenvalue weighted by Crippen LogP contribution is -2.41. The maximum atomic E-state index is 12.1. The van der Waals surface area contributed by atoms with Crippen LogP contribution in [0.1, 0.15) is 18.4 Å². The maximum absolute atomic E-state index is 12.1. The minimum absolute atomic E-state index is 0.0967. The van der Waals surface area contributed by atoms with Crippen molar-refractivity contribution in [2.24, 2.45) is 5.92 Å². The average molecular weight is 293 g/mol. The number of hydrogen-bond donors (Lipinski definition) is 1. The molecule has 108 valence electrons. The molecule has 0 bridgehead atoms. The van der Waals surface area contributed by atoms with Gasteiger partial charge in [0.25, 0.3) is 0 Å². The van der Waals surface area contributed by atoms with Crippen molar-refractivity contribution in [3.63, 3.8) is 0 Å². The molecular formula is C15H19NO3S. The van der Waals surface area contributed by atoms with Crippen molar-refractivity contribution >= 4 is 23.6 Å². The number of nitrogens with zero attached hydrogens (tertiary/aromatic N) is 1. The third-order valence-electron chi connectivity index (χ3n) is 3.58. The van der Waals surface area contributed by atoms with Crippen molar-refractivity contribution in [2.75, 3.05) is 18.8 Å². The van der Waals surface area contributed by atoms with Crippen molar-refractivity contribution in [3.05, 3.63) is 29.8 Å². The number of rotatable bonds is 4. The van der Waals surface area contributed by atoms with Crippen LogP contribution in [0.2, 0.25) is 0 Å². The Bertz CT molecular complexity index is 478. The van der Waals surface area contributed by atoms with E-state index in [1.165, 1.54) is 17.3 Å². The van der Waals surface area contributed by atoms with Gasteiger partial charge in [-0.15, -0.1) is 11.8 Å². The lowest BCUT2D eigenvalue weighted by atomic mass is 9.97. The zero-order valence-electron chi connectivity index (χ0n) is 11.5. The molecule has 1 N–H and O–H groups in total. The molecule has 0 radical (unpaired) electrons. The molecule has 1 aromatic rings. The first-order chi connectivity index (χ1) is 9.56. The summed E-state index contributed by atoms with van der Waals surface area (Å²) in [4.78, 5) is 25.8. The Morgan fingerprint density at radius 3 is 2.40 bits per heavy atom. The second-order valence-corrected chi connectivity index (χ2v) is 6.14. The summed E-state index contributed by atoms with van der Waals surface area (Å²) in [5.74, 6) is -0.518. The van der Waals surface area contributed by atoms with Gasteiger partial charge >= 0.3 is 5.97 Å². The van der Waals surface area contributed by atoms with Crippen LogP contribution >= 0.6 is 11.8 Å². The predicted octanol–water partition coefficient (Wildman–Crippen LogP) is 2.41. The Kier molecular flexibility index (Phi) is 5.06. The van der Waals surface area contributed by atoms with Crippen LogP contribution in [0.4, 0.5) is 0 Å². The van der Waals surface area contributed by atoms with Crippen LogP contribution in [0.3, 0.4) is 0 Å². The second kappa shape index (κ2) is 6.79. The van der Waals surface area contributed by atoms with E-state index in [-0.39, 0.29) is 11.8 Å². The molecule has 0 atom stereocenters. The number of piperidine rings is 1. The van der Waals surface area contributed by atoms with E-state index in [4.69, 9.17) is 5.11 Å². The number of likely N-dealkylation sites (tertiary alicyclic amines) is 1. The first-order valence-corrected chi connectivity index (χ1v) is 7.75. The summed E-state index contributed by atoms with van der Waals surface area (Å²) in [6.07, 6.45) is 1.13. The van der Waals surface area contributed by atoms with Gasteiger partial charge in [-0.3, -0.25) is 9.59 Å². The standard InChI is InChI=1S/C15H19NO3S/c1-11-2-4-13(5-3-11)20-10-14(17)16-8-6-12(7-9-16)15(18)19/h2-5,12H,6-10H2,1H3,(H,18,19). The van der Waals surface area contributed by atoms with E-state index < -0.39 is 5.97 Å². The molecule has 1 aliphatic rings. The number of carbonyl (C=O) groups is 2. The van der Waals surface area contributed by atoms with Gasteiger partial charge in [-0.05, 0) is 31.9 Å². The number of benzene rings is 1. The quantitative estimate of drug-likeness (QED) is 0.866. The van der Waals surface area contributed by atoms with Gasteiger partial charge in [-0.2, -0.15) is 0 Å². The fraction of sp³-hybridized carbons (Fsp3) is 0.467. The summed E-state index contributed by atoms with van der Waals surface area (Å²) in [7, 11) is 0. The van der Waals surface area contributed by atoms with Gasteiger partial charge in [0.2, 0.25) is 5.91 Å². The molecule has 0 unspecified atom stereocenters. The zero-order chi connectivity index (χ0) is 14.5. The Balaban J connectivity index is 1.78. The molecule has 0 saturated carbocycles. The van der Waals surface area contributed by atoms with Gasteiger partial charge in [0.1, 0.15) is 0 Å². The third-order valence-corrected chi connectivity index (χ3v) is 4.58. The molecule has 0 spiro atoms. The molecule has 1 aromatic carbocycles. The number of hydrogen-bond acceptors (Lipinski definition) is 3. The number of aliphatic carboxylic acids is 1. The van der Waals surface area contributed by atoms with Crippen molar-refractivity contribution in [1.29, 1.82) is 0 Å². The molecule has 0 aromatic heterocycles. The molecule has 1 aliphatic heterocycles. The number of carboxylic acids is 1. The van der Waals surface area contributed by atoms with Crippen LogP contribution < -0.4 is 0 Å². The highest BCUT2D eigenvalue weighted by molar-refractivity contribution is 8.00. The van der Waals surface area contributed by atoms with Crippen LogP contribution in [0.25, 0.3) is 0 Å². The summed E-state index contributed by atoms with van der Waals surface area (Å²) < 4.78 is 0. The maximum Gasteiger partial charge on any atom is 0.306 e. The van der Waals surface area contributed by atoms with E-state index in [1.807, 2.05) is 31.2 Å². The predicted molar refractivity (Wildman–Crippen MR) is 78.8 cm³/mol. The van der Waals surface area contributed by atoms with Gasteiger partial charge in [-0.1, -0.05) is 17.7 Å². The summed E-state index contributed by atoms with van der Waals surface area (Å²) in [6, 6.07) is 8.10. The lowest BCUT2D eigenvalue weighted by molar-refractivity contribution is -0.145. The number of thioether (sulfide) groups is 1. The topological polar surface area (TPSA) is 57.6 Å². The third kappa shape index (κ3) is 4.00. The van der Waals surface area contributed by atoms with E-state index in [1.54, 1.807) is 4.90 Å². The van der Waals surface area contributed by atoms with E-state index in [2.05, 4.69) is 0 Å². The first-order valence-electron chi connectivity index (χ1n) is 6.76. The molecule has 20 heavy (non-hydrogen) atoms. The lowest BCUT2D eigenvalue weighted by Gasteiger charge is -2.30. The Morgan fingerprint density at radius 2 is 1.85 bits per heavy atom. The largest absolute Gasteiger partial charge is 0.481 e. The molecular weight excluding hydrogens is 274 g/mol. The monoisotopic (exact) mass is 293 g/mol. The molecule has 2 rings (SSSR count). The first kappa shape index (κ1) is 14.9. The van der Waals surface area contributed by atoms with E-state index in [0.717, 1.165) is 4.90 Å². The van der Waals surface area contributed by atoms with Gasteiger partial charge in [-0.25, -0.2) is 0 Å². The molecule has 0 aliphatic carbocycles. The van der Waals surface area contributed by atoms with Crippen molar-refractivity contribution in [3.8, 4) is 0 Å². The Labute approximate surface area is 123 Å². The highest BCUT2D eigenvalue weighted by atomic mass is 32.2. The fourth-order valence-electron chi connectivity index (χ4n) is 2.25.